The van der Waals surface area contributed by atoms with E-state index in [0.717, 1.165) is 25.8 Å². The molecule has 2 N–H and O–H groups in total. The minimum atomic E-state index is -3.25. The number of hydrogen-bond donors (Lipinski definition) is 2. The molecule has 0 saturated carbocycles. The molecule has 18 heavy (non-hydrogen) atoms. The van der Waals surface area contributed by atoms with Crippen LogP contribution in [0.5, 0.6) is 0 Å². The van der Waals surface area contributed by atoms with Crippen LogP contribution in [0.25, 0.3) is 0 Å². The van der Waals surface area contributed by atoms with E-state index < -0.39 is 10.2 Å². The Balaban J connectivity index is 1.85. The summed E-state index contributed by atoms with van der Waals surface area (Å²) in [5, 5.41) is 3.44. The van der Waals surface area contributed by atoms with E-state index in [1.807, 2.05) is 0 Å². The Morgan fingerprint density at radius 3 is 2.67 bits per heavy atom. The monoisotopic (exact) mass is 275 g/mol. The molecule has 2 heterocycles. The average molecular weight is 275 g/mol. The van der Waals surface area contributed by atoms with Gasteiger partial charge in [-0.05, 0) is 38.1 Å². The fourth-order valence-electron chi connectivity index (χ4n) is 2.96. The van der Waals surface area contributed by atoms with E-state index in [-0.39, 0.29) is 0 Å². The van der Waals surface area contributed by atoms with Gasteiger partial charge in [0.1, 0.15) is 0 Å². The van der Waals surface area contributed by atoms with Crippen LogP contribution in [0, 0.1) is 5.92 Å². The van der Waals surface area contributed by atoms with E-state index in [9.17, 15) is 8.42 Å². The molecule has 2 unspecified atom stereocenters. The zero-order chi connectivity index (χ0) is 13.0. The first-order valence-corrected chi connectivity index (χ1v) is 8.55. The van der Waals surface area contributed by atoms with Crippen molar-refractivity contribution in [2.45, 2.75) is 45.1 Å². The summed E-state index contributed by atoms with van der Waals surface area (Å²) in [5.74, 6) is 0.597. The quantitative estimate of drug-likeness (QED) is 0.776. The Labute approximate surface area is 110 Å². The third kappa shape index (κ3) is 3.44. The summed E-state index contributed by atoms with van der Waals surface area (Å²) < 4.78 is 28.5. The number of hydrogen-bond acceptors (Lipinski definition) is 3. The van der Waals surface area contributed by atoms with Crippen LogP contribution in [0.1, 0.15) is 39.0 Å². The Hall–Kier alpha value is -0.170. The second-order valence-corrected chi connectivity index (χ2v) is 7.09. The van der Waals surface area contributed by atoms with Gasteiger partial charge in [0.05, 0.1) is 0 Å². The smallest absolute Gasteiger partial charge is 0.279 e. The van der Waals surface area contributed by atoms with Gasteiger partial charge in [0.15, 0.2) is 0 Å². The number of rotatable bonds is 5. The molecule has 2 fully saturated rings. The van der Waals surface area contributed by atoms with Gasteiger partial charge in [0.25, 0.3) is 10.2 Å². The highest BCUT2D eigenvalue weighted by molar-refractivity contribution is 7.87. The molecule has 2 saturated heterocycles. The van der Waals surface area contributed by atoms with Crippen LogP contribution in [0.3, 0.4) is 0 Å². The lowest BCUT2D eigenvalue weighted by Gasteiger charge is -2.32. The Morgan fingerprint density at radius 1 is 1.28 bits per heavy atom. The van der Waals surface area contributed by atoms with E-state index in [4.69, 9.17) is 0 Å². The summed E-state index contributed by atoms with van der Waals surface area (Å²) in [7, 11) is -3.25. The van der Waals surface area contributed by atoms with E-state index in [0.29, 0.717) is 31.6 Å². The Kier molecular flexibility index (Phi) is 5.00. The first-order valence-electron chi connectivity index (χ1n) is 7.11. The van der Waals surface area contributed by atoms with E-state index in [2.05, 4.69) is 17.0 Å². The van der Waals surface area contributed by atoms with Crippen molar-refractivity contribution in [3.05, 3.63) is 0 Å². The first kappa shape index (κ1) is 14.2. The van der Waals surface area contributed by atoms with Crippen LogP contribution in [-0.4, -0.2) is 44.9 Å². The van der Waals surface area contributed by atoms with Crippen LogP contribution < -0.4 is 10.0 Å². The summed E-state index contributed by atoms with van der Waals surface area (Å²) in [4.78, 5) is 0. The summed E-state index contributed by atoms with van der Waals surface area (Å²) in [6.45, 7) is 5.05. The molecular formula is C12H25N3O2S. The van der Waals surface area contributed by atoms with Crippen molar-refractivity contribution in [1.82, 2.24) is 14.3 Å². The van der Waals surface area contributed by atoms with Crippen LogP contribution in [-0.2, 0) is 10.2 Å². The lowest BCUT2D eigenvalue weighted by atomic mass is 9.89. The topological polar surface area (TPSA) is 61.4 Å². The molecule has 6 heteroatoms. The van der Waals surface area contributed by atoms with Gasteiger partial charge in [-0.2, -0.15) is 12.7 Å². The second kappa shape index (κ2) is 6.32. The molecule has 0 aliphatic carbocycles. The van der Waals surface area contributed by atoms with Crippen LogP contribution in [0.4, 0.5) is 0 Å². The van der Waals surface area contributed by atoms with E-state index >= 15 is 0 Å². The fraction of sp³-hybridized carbons (Fsp3) is 1.00. The summed E-state index contributed by atoms with van der Waals surface area (Å²) in [6, 6.07) is 0.293. The standard InChI is InChI=1S/C12H25N3O2S/c1-2-11-6-5-7-13-12(11)10-14-18(16,17)15-8-3-4-9-15/h11-14H,2-10H2,1H3. The van der Waals surface area contributed by atoms with Gasteiger partial charge in [0, 0.05) is 25.7 Å². The van der Waals surface area contributed by atoms with Gasteiger partial charge in [-0.15, -0.1) is 0 Å². The third-order valence-electron chi connectivity index (χ3n) is 4.14. The van der Waals surface area contributed by atoms with E-state index in [1.54, 1.807) is 4.31 Å². The summed E-state index contributed by atoms with van der Waals surface area (Å²) in [5.41, 5.74) is 0. The molecule has 0 aromatic rings. The third-order valence-corrected chi connectivity index (χ3v) is 5.72. The normalized spacial score (nSPS) is 30.7. The molecule has 0 spiro atoms. The van der Waals surface area contributed by atoms with E-state index in [1.165, 1.54) is 12.8 Å². The highest BCUT2D eigenvalue weighted by Crippen LogP contribution is 2.19. The highest BCUT2D eigenvalue weighted by Gasteiger charge is 2.28. The maximum Gasteiger partial charge on any atom is 0.279 e. The van der Waals surface area contributed by atoms with Crippen LogP contribution >= 0.6 is 0 Å². The van der Waals surface area contributed by atoms with Gasteiger partial charge in [-0.1, -0.05) is 13.3 Å². The molecule has 2 atom stereocenters. The van der Waals surface area contributed by atoms with Gasteiger partial charge in [0.2, 0.25) is 0 Å². The highest BCUT2D eigenvalue weighted by atomic mass is 32.2. The summed E-state index contributed by atoms with van der Waals surface area (Å²) >= 11 is 0. The predicted molar refractivity (Wildman–Crippen MR) is 72.5 cm³/mol. The van der Waals surface area contributed by atoms with Crippen LogP contribution in [0.2, 0.25) is 0 Å². The number of nitrogens with zero attached hydrogens (tertiary/aromatic N) is 1. The predicted octanol–water partition coefficient (Wildman–Crippen LogP) is 0.695. The first-order chi connectivity index (χ1) is 8.63. The molecule has 0 aromatic heterocycles. The number of piperidine rings is 1. The van der Waals surface area contributed by atoms with Crippen molar-refractivity contribution in [1.29, 1.82) is 0 Å². The molecular weight excluding hydrogens is 250 g/mol. The summed E-state index contributed by atoms with van der Waals surface area (Å²) in [6.07, 6.45) is 5.50. The zero-order valence-electron chi connectivity index (χ0n) is 11.2. The van der Waals surface area contributed by atoms with Crippen LogP contribution in [0.15, 0.2) is 0 Å². The Bertz CT molecular complexity index is 352. The minimum Gasteiger partial charge on any atom is -0.312 e. The molecule has 0 radical (unpaired) electrons. The van der Waals surface area contributed by atoms with Crippen molar-refractivity contribution in [3.63, 3.8) is 0 Å². The SMILES string of the molecule is CCC1CCCNC1CNS(=O)(=O)N1CCCC1. The lowest BCUT2D eigenvalue weighted by Crippen LogP contribution is -2.50. The van der Waals surface area contributed by atoms with Crippen molar-refractivity contribution in [2.75, 3.05) is 26.2 Å². The fourth-order valence-corrected chi connectivity index (χ4v) is 4.27. The molecule has 106 valence electrons. The average Bonchev–Trinajstić information content (AvgIpc) is 2.91. The number of nitrogens with one attached hydrogen (secondary N) is 2. The maximum absolute atomic E-state index is 12.1. The minimum absolute atomic E-state index is 0.293. The van der Waals surface area contributed by atoms with Gasteiger partial charge >= 0.3 is 0 Å². The maximum atomic E-state index is 12.1. The second-order valence-electron chi connectivity index (χ2n) is 5.33. The van der Waals surface area contributed by atoms with Crippen molar-refractivity contribution in [3.8, 4) is 0 Å². The molecule has 2 aliphatic heterocycles. The van der Waals surface area contributed by atoms with Crippen molar-refractivity contribution >= 4 is 10.2 Å². The molecule has 2 rings (SSSR count). The van der Waals surface area contributed by atoms with Crippen molar-refractivity contribution < 1.29 is 8.42 Å². The lowest BCUT2D eigenvalue weighted by molar-refractivity contribution is 0.272. The molecule has 5 nitrogen and oxygen atoms in total. The van der Waals surface area contributed by atoms with Gasteiger partial charge in [-0.3, -0.25) is 0 Å². The van der Waals surface area contributed by atoms with Gasteiger partial charge < -0.3 is 5.32 Å². The van der Waals surface area contributed by atoms with Gasteiger partial charge in [-0.25, -0.2) is 4.72 Å². The Morgan fingerprint density at radius 2 is 2.00 bits per heavy atom. The van der Waals surface area contributed by atoms with Crippen molar-refractivity contribution in [2.24, 2.45) is 5.92 Å². The molecule has 0 bridgehead atoms. The molecule has 2 aliphatic rings. The molecule has 0 aromatic carbocycles. The largest absolute Gasteiger partial charge is 0.312 e. The zero-order valence-corrected chi connectivity index (χ0v) is 12.0. The molecule has 0 amide bonds.